The number of nitrogens with two attached hydrogens (primary N) is 1. The number of hydrogen-bond acceptors (Lipinski definition) is 6. The highest BCUT2D eigenvalue weighted by molar-refractivity contribution is 5.77. The van der Waals surface area contributed by atoms with Crippen LogP contribution in [-0.2, 0) is 30.2 Å². The molecule has 0 unspecified atom stereocenters. The standard InChI is InChI=1S/C26H30F3N7O/c1-2-11-35-12-9-21(10-13-35)36-17-20(15-32-36)33-25-31-16-22(26(27,28)29)23(34-25)8-7-18-5-3-4-6-19(18)14-24(30)37/h2-6,15-17,21H,1,7-14H2,(H2,30,37)(H,31,33,34). The number of hydrogen-bond donors (Lipinski definition) is 2. The van der Waals surface area contributed by atoms with Gasteiger partial charge in [0, 0.05) is 32.0 Å². The molecule has 0 atom stereocenters. The number of likely N-dealkylation sites (tertiary alicyclic amines) is 1. The average molecular weight is 514 g/mol. The molecule has 8 nitrogen and oxygen atoms in total. The maximum absolute atomic E-state index is 13.7. The number of benzene rings is 1. The molecule has 3 heterocycles. The van der Waals surface area contributed by atoms with Gasteiger partial charge in [0.25, 0.3) is 0 Å². The maximum Gasteiger partial charge on any atom is 0.419 e. The van der Waals surface area contributed by atoms with Crippen LogP contribution in [-0.4, -0.2) is 50.2 Å². The van der Waals surface area contributed by atoms with E-state index in [4.69, 9.17) is 5.73 Å². The van der Waals surface area contributed by atoms with Crippen LogP contribution >= 0.6 is 0 Å². The Labute approximate surface area is 213 Å². The Bertz CT molecular complexity index is 1230. The molecule has 37 heavy (non-hydrogen) atoms. The lowest BCUT2D eigenvalue weighted by Crippen LogP contribution is -2.34. The fourth-order valence-corrected chi connectivity index (χ4v) is 4.60. The van der Waals surface area contributed by atoms with Crippen molar-refractivity contribution in [1.82, 2.24) is 24.6 Å². The Kier molecular flexibility index (Phi) is 8.22. The summed E-state index contributed by atoms with van der Waals surface area (Å²) in [6.45, 7) is 6.55. The van der Waals surface area contributed by atoms with Gasteiger partial charge in [-0.1, -0.05) is 30.3 Å². The first-order valence-corrected chi connectivity index (χ1v) is 12.2. The van der Waals surface area contributed by atoms with Crippen molar-refractivity contribution in [3.8, 4) is 0 Å². The number of nitrogens with one attached hydrogen (secondary N) is 1. The molecule has 1 aromatic carbocycles. The number of rotatable bonds is 10. The van der Waals surface area contributed by atoms with E-state index in [9.17, 15) is 18.0 Å². The van der Waals surface area contributed by atoms with E-state index in [2.05, 4.69) is 31.9 Å². The second kappa shape index (κ2) is 11.5. The highest BCUT2D eigenvalue weighted by Crippen LogP contribution is 2.32. The van der Waals surface area contributed by atoms with Crippen molar-refractivity contribution in [3.05, 3.63) is 77.9 Å². The summed E-state index contributed by atoms with van der Waals surface area (Å²) in [6, 6.07) is 7.32. The Morgan fingerprint density at radius 3 is 2.57 bits per heavy atom. The molecule has 0 aliphatic carbocycles. The molecule has 196 valence electrons. The molecule has 3 N–H and O–H groups in total. The van der Waals surface area contributed by atoms with Crippen LogP contribution in [0.4, 0.5) is 24.8 Å². The third kappa shape index (κ3) is 6.94. The molecule has 11 heteroatoms. The summed E-state index contributed by atoms with van der Waals surface area (Å²) in [5.74, 6) is -0.436. The molecule has 1 saturated heterocycles. The average Bonchev–Trinajstić information content (AvgIpc) is 3.31. The molecule has 1 amide bonds. The second-order valence-corrected chi connectivity index (χ2v) is 9.12. The van der Waals surface area contributed by atoms with Crippen molar-refractivity contribution in [3.63, 3.8) is 0 Å². The van der Waals surface area contributed by atoms with E-state index < -0.39 is 17.6 Å². The van der Waals surface area contributed by atoms with E-state index in [1.807, 2.05) is 17.0 Å². The van der Waals surface area contributed by atoms with Crippen molar-refractivity contribution < 1.29 is 18.0 Å². The van der Waals surface area contributed by atoms with E-state index >= 15 is 0 Å². The lowest BCUT2D eigenvalue weighted by molar-refractivity contribution is -0.138. The van der Waals surface area contributed by atoms with Crippen LogP contribution in [0.25, 0.3) is 0 Å². The fraction of sp³-hybridized carbons (Fsp3) is 0.385. The number of amides is 1. The Morgan fingerprint density at radius 1 is 1.16 bits per heavy atom. The van der Waals surface area contributed by atoms with Crippen LogP contribution in [0.15, 0.2) is 55.5 Å². The lowest BCUT2D eigenvalue weighted by Gasteiger charge is -2.31. The minimum absolute atomic E-state index is 0.0182. The molecule has 0 spiro atoms. The fourth-order valence-electron chi connectivity index (χ4n) is 4.60. The predicted octanol–water partition coefficient (Wildman–Crippen LogP) is 4.07. The van der Waals surface area contributed by atoms with Crippen molar-refractivity contribution in [1.29, 1.82) is 0 Å². The van der Waals surface area contributed by atoms with Crippen molar-refractivity contribution >= 4 is 17.5 Å². The molecule has 2 aromatic heterocycles. The van der Waals surface area contributed by atoms with Gasteiger partial charge < -0.3 is 11.1 Å². The van der Waals surface area contributed by atoms with Crippen LogP contribution < -0.4 is 11.1 Å². The van der Waals surface area contributed by atoms with Crippen LogP contribution in [0.5, 0.6) is 0 Å². The van der Waals surface area contributed by atoms with Gasteiger partial charge in [0.1, 0.15) is 0 Å². The summed E-state index contributed by atoms with van der Waals surface area (Å²) in [4.78, 5) is 21.8. The zero-order valence-electron chi connectivity index (χ0n) is 20.4. The third-order valence-electron chi connectivity index (χ3n) is 6.46. The summed E-state index contributed by atoms with van der Waals surface area (Å²) in [5.41, 5.74) is 6.36. The molecule has 1 aliphatic rings. The number of carbonyl (C=O) groups is 1. The van der Waals surface area contributed by atoms with Crippen molar-refractivity contribution in [2.24, 2.45) is 5.73 Å². The normalized spacial score (nSPS) is 15.0. The minimum atomic E-state index is -4.59. The minimum Gasteiger partial charge on any atom is -0.369 e. The SMILES string of the molecule is C=CCN1CCC(n2cc(Nc3ncc(C(F)(F)F)c(CCc4ccccc4CC(N)=O)n3)cn2)CC1. The Balaban J connectivity index is 1.48. The van der Waals surface area contributed by atoms with Gasteiger partial charge in [0.05, 0.1) is 35.6 Å². The highest BCUT2D eigenvalue weighted by atomic mass is 19.4. The van der Waals surface area contributed by atoms with Crippen LogP contribution in [0.3, 0.4) is 0 Å². The Hall–Kier alpha value is -3.73. The number of anilines is 2. The lowest BCUT2D eigenvalue weighted by atomic mass is 9.98. The van der Waals surface area contributed by atoms with Crippen LogP contribution in [0.2, 0.25) is 0 Å². The quantitative estimate of drug-likeness (QED) is 0.397. The van der Waals surface area contributed by atoms with Gasteiger partial charge in [-0.05, 0) is 36.8 Å². The van der Waals surface area contributed by atoms with Crippen molar-refractivity contribution in [2.45, 2.75) is 44.3 Å². The van der Waals surface area contributed by atoms with Gasteiger partial charge in [-0.15, -0.1) is 6.58 Å². The number of halogens is 3. The van der Waals surface area contributed by atoms with Crippen LogP contribution in [0, 0.1) is 0 Å². The molecular formula is C26H30F3N7O. The summed E-state index contributed by atoms with van der Waals surface area (Å²) in [7, 11) is 0. The summed E-state index contributed by atoms with van der Waals surface area (Å²) in [6.07, 6.45) is 3.78. The van der Waals surface area contributed by atoms with E-state index in [0.717, 1.165) is 44.2 Å². The van der Waals surface area contributed by atoms with Gasteiger partial charge in [-0.3, -0.25) is 14.4 Å². The van der Waals surface area contributed by atoms with Gasteiger partial charge in [0.15, 0.2) is 0 Å². The van der Waals surface area contributed by atoms with Crippen LogP contribution in [0.1, 0.15) is 41.3 Å². The highest BCUT2D eigenvalue weighted by Gasteiger charge is 2.35. The van der Waals surface area contributed by atoms with E-state index in [1.165, 1.54) is 0 Å². The van der Waals surface area contributed by atoms with E-state index in [-0.39, 0.29) is 36.9 Å². The zero-order chi connectivity index (χ0) is 26.4. The van der Waals surface area contributed by atoms with Gasteiger partial charge in [-0.2, -0.15) is 18.3 Å². The molecule has 1 aliphatic heterocycles. The second-order valence-electron chi connectivity index (χ2n) is 9.12. The molecule has 0 radical (unpaired) electrons. The number of primary amides is 1. The summed E-state index contributed by atoms with van der Waals surface area (Å²) >= 11 is 0. The number of piperidine rings is 1. The molecule has 4 rings (SSSR count). The predicted molar refractivity (Wildman–Crippen MR) is 134 cm³/mol. The topological polar surface area (TPSA) is 102 Å². The van der Waals surface area contributed by atoms with Crippen molar-refractivity contribution in [2.75, 3.05) is 25.0 Å². The molecular weight excluding hydrogens is 483 g/mol. The zero-order valence-corrected chi connectivity index (χ0v) is 20.4. The van der Waals surface area contributed by atoms with Gasteiger partial charge in [-0.25, -0.2) is 9.97 Å². The number of alkyl halides is 3. The largest absolute Gasteiger partial charge is 0.419 e. The molecule has 0 saturated carbocycles. The van der Waals surface area contributed by atoms with E-state index in [1.54, 1.807) is 30.5 Å². The molecule has 3 aromatic rings. The first kappa shape index (κ1) is 26.3. The molecule has 1 fully saturated rings. The first-order chi connectivity index (χ1) is 17.7. The number of aryl methyl sites for hydroxylation is 2. The number of carbonyl (C=O) groups excluding carboxylic acids is 1. The Morgan fingerprint density at radius 2 is 1.89 bits per heavy atom. The number of aromatic nitrogens is 4. The molecule has 0 bridgehead atoms. The smallest absolute Gasteiger partial charge is 0.369 e. The number of nitrogens with zero attached hydrogens (tertiary/aromatic N) is 5. The van der Waals surface area contributed by atoms with Gasteiger partial charge in [0.2, 0.25) is 11.9 Å². The summed E-state index contributed by atoms with van der Waals surface area (Å²) < 4.78 is 42.9. The van der Waals surface area contributed by atoms with Gasteiger partial charge >= 0.3 is 6.18 Å². The maximum atomic E-state index is 13.7. The third-order valence-corrected chi connectivity index (χ3v) is 6.46. The summed E-state index contributed by atoms with van der Waals surface area (Å²) in [5, 5.41) is 7.43. The van der Waals surface area contributed by atoms with E-state index in [0.29, 0.717) is 11.3 Å². The monoisotopic (exact) mass is 513 g/mol. The first-order valence-electron chi connectivity index (χ1n) is 12.2.